The molecule has 28 heavy (non-hydrogen) atoms. The number of aromatic nitrogens is 6. The second-order valence-corrected chi connectivity index (χ2v) is 8.04. The number of hydrogen-bond acceptors (Lipinski definition) is 4. The summed E-state index contributed by atoms with van der Waals surface area (Å²) in [7, 11) is 0. The summed E-state index contributed by atoms with van der Waals surface area (Å²) in [5, 5.41) is 0. The first kappa shape index (κ1) is 17.2. The van der Waals surface area contributed by atoms with Crippen molar-refractivity contribution >= 4 is 22.2 Å². The summed E-state index contributed by atoms with van der Waals surface area (Å²) in [6.45, 7) is 5.70. The van der Waals surface area contributed by atoms with Gasteiger partial charge >= 0.3 is 5.69 Å². The van der Waals surface area contributed by atoms with Crippen LogP contribution in [0.1, 0.15) is 45.0 Å². The van der Waals surface area contributed by atoms with Crippen molar-refractivity contribution in [3.8, 4) is 0 Å². The van der Waals surface area contributed by atoms with Gasteiger partial charge in [0, 0.05) is 25.0 Å². The molecule has 0 aromatic carbocycles. The van der Waals surface area contributed by atoms with E-state index in [1.165, 1.54) is 0 Å². The van der Waals surface area contributed by atoms with Crippen LogP contribution in [0.2, 0.25) is 0 Å². The maximum atomic E-state index is 13.2. The van der Waals surface area contributed by atoms with Crippen LogP contribution in [0, 0.1) is 5.92 Å². The van der Waals surface area contributed by atoms with Gasteiger partial charge in [0.1, 0.15) is 11.3 Å². The standard InChI is InChI=1S/C21H24N6O/c1-14(2)8-11-25-19(24-16-4-3-9-23-20(16)25)13-26-18-12-22-10-7-17(18)27(21(26)28)15-5-6-15/h3-4,7,9-10,12,14-15H,5-6,8,11,13H2,1-2H3. The monoisotopic (exact) mass is 376 g/mol. The minimum Gasteiger partial charge on any atom is -0.311 e. The molecule has 1 fully saturated rings. The van der Waals surface area contributed by atoms with E-state index in [0.29, 0.717) is 18.5 Å². The van der Waals surface area contributed by atoms with E-state index in [9.17, 15) is 4.79 Å². The van der Waals surface area contributed by atoms with Gasteiger partial charge in [-0.2, -0.15) is 0 Å². The van der Waals surface area contributed by atoms with E-state index in [1.807, 2.05) is 27.3 Å². The Balaban J connectivity index is 1.64. The normalized spacial score (nSPS) is 14.5. The zero-order valence-electron chi connectivity index (χ0n) is 16.2. The number of nitrogens with zero attached hydrogens (tertiary/aromatic N) is 6. The fourth-order valence-corrected chi connectivity index (χ4v) is 3.85. The van der Waals surface area contributed by atoms with Gasteiger partial charge in [0.15, 0.2) is 5.65 Å². The molecule has 0 atom stereocenters. The Hall–Kier alpha value is -2.96. The molecule has 0 unspecified atom stereocenters. The minimum absolute atomic E-state index is 0.0286. The van der Waals surface area contributed by atoms with Gasteiger partial charge in [-0.1, -0.05) is 13.8 Å². The molecule has 4 heterocycles. The molecule has 0 spiro atoms. The molecule has 1 saturated carbocycles. The Bertz CT molecular complexity index is 1210. The molecular weight excluding hydrogens is 352 g/mol. The topological polar surface area (TPSA) is 70.5 Å². The first-order chi connectivity index (χ1) is 13.6. The molecule has 0 saturated heterocycles. The summed E-state index contributed by atoms with van der Waals surface area (Å²) < 4.78 is 5.91. The van der Waals surface area contributed by atoms with Crippen LogP contribution < -0.4 is 5.69 Å². The molecular formula is C21H24N6O. The molecule has 1 aliphatic carbocycles. The van der Waals surface area contributed by atoms with Gasteiger partial charge in [-0.25, -0.2) is 14.8 Å². The van der Waals surface area contributed by atoms with Crippen molar-refractivity contribution in [1.29, 1.82) is 0 Å². The number of pyridine rings is 2. The molecule has 7 nitrogen and oxygen atoms in total. The molecule has 0 amide bonds. The van der Waals surface area contributed by atoms with E-state index in [2.05, 4.69) is 28.4 Å². The van der Waals surface area contributed by atoms with Crippen molar-refractivity contribution in [2.45, 2.75) is 52.2 Å². The minimum atomic E-state index is 0.0286. The lowest BCUT2D eigenvalue weighted by atomic mass is 10.1. The van der Waals surface area contributed by atoms with E-state index in [0.717, 1.165) is 53.8 Å². The van der Waals surface area contributed by atoms with Crippen molar-refractivity contribution in [3.05, 3.63) is 53.1 Å². The summed E-state index contributed by atoms with van der Waals surface area (Å²) >= 11 is 0. The quantitative estimate of drug-likeness (QED) is 0.517. The summed E-state index contributed by atoms with van der Waals surface area (Å²) in [5.41, 5.74) is 3.62. The highest BCUT2D eigenvalue weighted by molar-refractivity contribution is 5.75. The van der Waals surface area contributed by atoms with Crippen molar-refractivity contribution in [1.82, 2.24) is 28.7 Å². The zero-order valence-corrected chi connectivity index (χ0v) is 16.2. The third-order valence-corrected chi connectivity index (χ3v) is 5.49. The largest absolute Gasteiger partial charge is 0.329 e. The molecule has 7 heteroatoms. The van der Waals surface area contributed by atoms with Crippen LogP contribution in [0.3, 0.4) is 0 Å². The smallest absolute Gasteiger partial charge is 0.311 e. The van der Waals surface area contributed by atoms with Gasteiger partial charge < -0.3 is 4.57 Å². The average molecular weight is 376 g/mol. The fourth-order valence-electron chi connectivity index (χ4n) is 3.85. The van der Waals surface area contributed by atoms with Gasteiger partial charge in [0.25, 0.3) is 0 Å². The van der Waals surface area contributed by atoms with Crippen LogP contribution in [0.15, 0.2) is 41.6 Å². The number of aryl methyl sites for hydroxylation is 1. The Morgan fingerprint density at radius 2 is 2.00 bits per heavy atom. The number of rotatable bonds is 6. The molecule has 0 aliphatic heterocycles. The van der Waals surface area contributed by atoms with Gasteiger partial charge in [-0.3, -0.25) is 14.1 Å². The predicted molar refractivity (Wildman–Crippen MR) is 108 cm³/mol. The second kappa shape index (κ2) is 6.58. The first-order valence-corrected chi connectivity index (χ1v) is 9.98. The van der Waals surface area contributed by atoms with Gasteiger partial charge in [0.2, 0.25) is 0 Å². The highest BCUT2D eigenvalue weighted by atomic mass is 16.1. The maximum absolute atomic E-state index is 13.2. The van der Waals surface area contributed by atoms with Crippen LogP contribution >= 0.6 is 0 Å². The van der Waals surface area contributed by atoms with Crippen LogP contribution in [-0.2, 0) is 13.1 Å². The van der Waals surface area contributed by atoms with E-state index < -0.39 is 0 Å². The highest BCUT2D eigenvalue weighted by Crippen LogP contribution is 2.36. The van der Waals surface area contributed by atoms with Crippen molar-refractivity contribution in [3.63, 3.8) is 0 Å². The lowest BCUT2D eigenvalue weighted by molar-refractivity contribution is 0.505. The molecule has 1 aliphatic rings. The second-order valence-electron chi connectivity index (χ2n) is 8.04. The molecule has 5 rings (SSSR count). The van der Waals surface area contributed by atoms with E-state index in [4.69, 9.17) is 4.98 Å². The molecule has 0 N–H and O–H groups in total. The Labute approximate surface area is 162 Å². The van der Waals surface area contributed by atoms with Crippen LogP contribution in [-0.4, -0.2) is 28.7 Å². The third kappa shape index (κ3) is 2.82. The lowest BCUT2D eigenvalue weighted by Gasteiger charge is -2.11. The molecule has 144 valence electrons. The summed E-state index contributed by atoms with van der Waals surface area (Å²) in [6.07, 6.45) is 8.52. The third-order valence-electron chi connectivity index (χ3n) is 5.49. The van der Waals surface area contributed by atoms with Gasteiger partial charge in [0.05, 0.1) is 23.8 Å². The van der Waals surface area contributed by atoms with Crippen molar-refractivity contribution in [2.24, 2.45) is 5.92 Å². The molecule has 0 bridgehead atoms. The Morgan fingerprint density at radius 1 is 1.14 bits per heavy atom. The first-order valence-electron chi connectivity index (χ1n) is 9.98. The van der Waals surface area contributed by atoms with Crippen LogP contribution in [0.5, 0.6) is 0 Å². The van der Waals surface area contributed by atoms with Crippen molar-refractivity contribution in [2.75, 3.05) is 0 Å². The SMILES string of the molecule is CC(C)CCn1c(Cn2c(=O)n(C3CC3)c3ccncc32)nc2cccnc21. The molecule has 4 aromatic rings. The zero-order chi connectivity index (χ0) is 19.3. The number of fused-ring (bicyclic) bond motifs is 2. The van der Waals surface area contributed by atoms with Crippen molar-refractivity contribution < 1.29 is 0 Å². The number of hydrogen-bond donors (Lipinski definition) is 0. The number of imidazole rings is 2. The lowest BCUT2D eigenvalue weighted by Crippen LogP contribution is -2.25. The van der Waals surface area contributed by atoms with E-state index in [1.54, 1.807) is 18.6 Å². The fraction of sp³-hybridized carbons (Fsp3) is 0.429. The van der Waals surface area contributed by atoms with E-state index in [-0.39, 0.29) is 5.69 Å². The highest BCUT2D eigenvalue weighted by Gasteiger charge is 2.29. The molecule has 4 aromatic heterocycles. The van der Waals surface area contributed by atoms with Gasteiger partial charge in [-0.15, -0.1) is 0 Å². The van der Waals surface area contributed by atoms with E-state index >= 15 is 0 Å². The average Bonchev–Trinajstić information content (AvgIpc) is 3.40. The summed E-state index contributed by atoms with van der Waals surface area (Å²) in [6, 6.07) is 6.14. The Kier molecular flexibility index (Phi) is 4.03. The van der Waals surface area contributed by atoms with Crippen LogP contribution in [0.4, 0.5) is 0 Å². The maximum Gasteiger partial charge on any atom is 0.329 e. The summed E-state index contributed by atoms with van der Waals surface area (Å²) in [4.78, 5) is 26.8. The summed E-state index contributed by atoms with van der Waals surface area (Å²) in [5.74, 6) is 1.45. The van der Waals surface area contributed by atoms with Crippen LogP contribution in [0.25, 0.3) is 22.2 Å². The molecule has 0 radical (unpaired) electrons. The predicted octanol–water partition coefficient (Wildman–Crippen LogP) is 3.37. The van der Waals surface area contributed by atoms with Gasteiger partial charge in [-0.05, 0) is 43.4 Å². The Morgan fingerprint density at radius 3 is 2.79 bits per heavy atom.